The lowest BCUT2D eigenvalue weighted by Gasteiger charge is -2.18. The molecule has 0 aliphatic heterocycles. The van der Waals surface area contributed by atoms with Crippen molar-refractivity contribution < 1.29 is 4.79 Å². The predicted octanol–water partition coefficient (Wildman–Crippen LogP) is 4.88. The average molecular weight is 367 g/mol. The van der Waals surface area contributed by atoms with Gasteiger partial charge in [-0.2, -0.15) is 0 Å². The standard InChI is InChI=1S/C17H19ClN2OS2/c18-14-12-9-5-6-10-13(12)23-15(14)16(21)20-17(22)19-11-7-3-1-2-4-8-11/h5-6,9-11H,1-4,7-8H2,(H2,19,20,21,22). The van der Waals surface area contributed by atoms with Gasteiger partial charge < -0.3 is 5.32 Å². The highest BCUT2D eigenvalue weighted by Gasteiger charge is 2.19. The van der Waals surface area contributed by atoms with Crippen molar-refractivity contribution in [3.63, 3.8) is 0 Å². The molecule has 0 atom stereocenters. The fraction of sp³-hybridized carbons (Fsp3) is 0.412. The Balaban J connectivity index is 1.65. The fourth-order valence-electron chi connectivity index (χ4n) is 2.97. The van der Waals surface area contributed by atoms with E-state index in [0.717, 1.165) is 22.9 Å². The van der Waals surface area contributed by atoms with Gasteiger partial charge in [0.2, 0.25) is 0 Å². The molecule has 1 amide bonds. The summed E-state index contributed by atoms with van der Waals surface area (Å²) in [5, 5.41) is 7.85. The largest absolute Gasteiger partial charge is 0.360 e. The Morgan fingerprint density at radius 2 is 1.87 bits per heavy atom. The summed E-state index contributed by atoms with van der Waals surface area (Å²) < 4.78 is 1.00. The summed E-state index contributed by atoms with van der Waals surface area (Å²) >= 11 is 13.0. The van der Waals surface area contributed by atoms with E-state index in [1.165, 1.54) is 37.0 Å². The van der Waals surface area contributed by atoms with Crippen LogP contribution in [0.1, 0.15) is 48.2 Å². The Hall–Kier alpha value is -1.17. The van der Waals surface area contributed by atoms with Crippen molar-refractivity contribution in [3.8, 4) is 0 Å². The van der Waals surface area contributed by atoms with Crippen molar-refractivity contribution in [2.45, 2.75) is 44.6 Å². The third-order valence-corrected chi connectivity index (χ3v) is 6.05. The van der Waals surface area contributed by atoms with Gasteiger partial charge in [-0.3, -0.25) is 10.1 Å². The minimum Gasteiger partial charge on any atom is -0.360 e. The summed E-state index contributed by atoms with van der Waals surface area (Å²) in [6.07, 6.45) is 7.23. The molecule has 0 unspecified atom stereocenters. The molecule has 1 saturated carbocycles. The summed E-state index contributed by atoms with van der Waals surface area (Å²) in [6.45, 7) is 0. The summed E-state index contributed by atoms with van der Waals surface area (Å²) in [5.74, 6) is -0.234. The normalized spacial score (nSPS) is 16.0. The van der Waals surface area contributed by atoms with E-state index in [1.807, 2.05) is 24.3 Å². The molecule has 122 valence electrons. The van der Waals surface area contributed by atoms with E-state index in [0.29, 0.717) is 21.1 Å². The molecule has 0 radical (unpaired) electrons. The molecule has 1 aliphatic carbocycles. The van der Waals surface area contributed by atoms with Crippen molar-refractivity contribution in [3.05, 3.63) is 34.2 Å². The molecule has 1 heterocycles. The van der Waals surface area contributed by atoms with Crippen molar-refractivity contribution in [1.29, 1.82) is 0 Å². The van der Waals surface area contributed by atoms with Crippen LogP contribution in [0.15, 0.2) is 24.3 Å². The molecule has 6 heteroatoms. The van der Waals surface area contributed by atoms with E-state index >= 15 is 0 Å². The van der Waals surface area contributed by atoms with Gasteiger partial charge in [0.1, 0.15) is 4.88 Å². The topological polar surface area (TPSA) is 41.1 Å². The second-order valence-electron chi connectivity index (χ2n) is 5.86. The van der Waals surface area contributed by atoms with Crippen LogP contribution in [0.4, 0.5) is 0 Å². The Morgan fingerprint density at radius 1 is 1.17 bits per heavy atom. The van der Waals surface area contributed by atoms with Crippen molar-refractivity contribution in [2.24, 2.45) is 0 Å². The lowest BCUT2D eigenvalue weighted by atomic mass is 10.1. The van der Waals surface area contributed by atoms with Crippen molar-refractivity contribution in [2.75, 3.05) is 0 Å². The molecule has 1 aliphatic rings. The molecule has 1 aromatic heterocycles. The monoisotopic (exact) mass is 366 g/mol. The van der Waals surface area contributed by atoms with Crippen LogP contribution in [0.5, 0.6) is 0 Å². The first kappa shape index (κ1) is 16.7. The highest BCUT2D eigenvalue weighted by atomic mass is 35.5. The molecular formula is C17H19ClN2OS2. The highest BCUT2D eigenvalue weighted by Crippen LogP contribution is 2.34. The van der Waals surface area contributed by atoms with Crippen LogP contribution in [0.25, 0.3) is 10.1 Å². The molecule has 0 bridgehead atoms. The van der Waals surface area contributed by atoms with Crippen LogP contribution in [0.3, 0.4) is 0 Å². The zero-order valence-electron chi connectivity index (χ0n) is 12.7. The van der Waals surface area contributed by atoms with Crippen LogP contribution in [-0.2, 0) is 0 Å². The molecule has 1 aromatic carbocycles. The van der Waals surface area contributed by atoms with Crippen LogP contribution >= 0.6 is 35.2 Å². The van der Waals surface area contributed by atoms with Gasteiger partial charge in [0.25, 0.3) is 5.91 Å². The highest BCUT2D eigenvalue weighted by molar-refractivity contribution is 7.80. The summed E-state index contributed by atoms with van der Waals surface area (Å²) in [6, 6.07) is 8.11. The van der Waals surface area contributed by atoms with Crippen molar-refractivity contribution in [1.82, 2.24) is 10.6 Å². The smallest absolute Gasteiger partial charge is 0.269 e. The number of benzene rings is 1. The summed E-state index contributed by atoms with van der Waals surface area (Å²) in [4.78, 5) is 13.0. The number of nitrogens with one attached hydrogen (secondary N) is 2. The van der Waals surface area contributed by atoms with Gasteiger partial charge in [0.05, 0.1) is 5.02 Å². The number of rotatable bonds is 2. The number of carbonyl (C=O) groups is 1. The zero-order valence-corrected chi connectivity index (χ0v) is 15.1. The Morgan fingerprint density at radius 3 is 2.57 bits per heavy atom. The summed E-state index contributed by atoms with van der Waals surface area (Å²) in [5.41, 5.74) is 0. The first-order valence-corrected chi connectivity index (χ1v) is 9.54. The van der Waals surface area contributed by atoms with E-state index in [1.54, 1.807) is 0 Å². The molecule has 2 aromatic rings. The number of amides is 1. The lowest BCUT2D eigenvalue weighted by Crippen LogP contribution is -2.44. The van der Waals surface area contributed by atoms with Crippen LogP contribution in [0, 0.1) is 0 Å². The minimum atomic E-state index is -0.234. The maximum atomic E-state index is 12.4. The number of fused-ring (bicyclic) bond motifs is 1. The number of thiocarbonyl (C=S) groups is 1. The summed E-state index contributed by atoms with van der Waals surface area (Å²) in [7, 11) is 0. The first-order valence-electron chi connectivity index (χ1n) is 7.94. The number of thiophene rings is 1. The van der Waals surface area contributed by atoms with E-state index in [4.69, 9.17) is 23.8 Å². The second kappa shape index (κ2) is 7.60. The van der Waals surface area contributed by atoms with E-state index in [2.05, 4.69) is 10.6 Å². The molecule has 1 fully saturated rings. The molecular weight excluding hydrogens is 348 g/mol. The van der Waals surface area contributed by atoms with Crippen molar-refractivity contribution >= 4 is 56.3 Å². The molecule has 2 N–H and O–H groups in total. The number of carbonyl (C=O) groups excluding carboxylic acids is 1. The number of halogens is 1. The van der Waals surface area contributed by atoms with Gasteiger partial charge >= 0.3 is 0 Å². The van der Waals surface area contributed by atoms with E-state index in [9.17, 15) is 4.79 Å². The predicted molar refractivity (Wildman–Crippen MR) is 102 cm³/mol. The van der Waals surface area contributed by atoms with E-state index in [-0.39, 0.29) is 5.91 Å². The molecule has 0 saturated heterocycles. The van der Waals surface area contributed by atoms with Gasteiger partial charge in [0.15, 0.2) is 5.11 Å². The van der Waals surface area contributed by atoms with Crippen LogP contribution in [0.2, 0.25) is 5.02 Å². The Kier molecular flexibility index (Phi) is 5.51. The number of hydrogen-bond donors (Lipinski definition) is 2. The zero-order chi connectivity index (χ0) is 16.2. The minimum absolute atomic E-state index is 0.234. The SMILES string of the molecule is O=C(NC(=S)NC1CCCCCC1)c1sc2ccccc2c1Cl. The third kappa shape index (κ3) is 4.03. The van der Waals surface area contributed by atoms with Gasteiger partial charge in [-0.05, 0) is 31.1 Å². The quantitative estimate of drug-likeness (QED) is 0.587. The second-order valence-corrected chi connectivity index (χ2v) is 7.70. The average Bonchev–Trinajstić information content (AvgIpc) is 2.71. The Labute approximate surface area is 150 Å². The fourth-order valence-corrected chi connectivity index (χ4v) is 4.64. The molecule has 0 spiro atoms. The van der Waals surface area contributed by atoms with Crippen LogP contribution < -0.4 is 10.6 Å². The third-order valence-electron chi connectivity index (χ3n) is 4.16. The molecule has 3 nitrogen and oxygen atoms in total. The first-order chi connectivity index (χ1) is 11.1. The van der Waals surface area contributed by atoms with Gasteiger partial charge in [-0.1, -0.05) is 55.5 Å². The lowest BCUT2D eigenvalue weighted by molar-refractivity contribution is 0.0980. The molecule has 23 heavy (non-hydrogen) atoms. The maximum Gasteiger partial charge on any atom is 0.269 e. The Bertz CT molecular complexity index is 720. The van der Waals surface area contributed by atoms with Gasteiger partial charge in [-0.25, -0.2) is 0 Å². The molecule has 3 rings (SSSR count). The maximum absolute atomic E-state index is 12.4. The van der Waals surface area contributed by atoms with Crippen LogP contribution in [-0.4, -0.2) is 17.1 Å². The van der Waals surface area contributed by atoms with E-state index < -0.39 is 0 Å². The number of hydrogen-bond acceptors (Lipinski definition) is 3. The van der Waals surface area contributed by atoms with Gasteiger partial charge in [-0.15, -0.1) is 11.3 Å². The van der Waals surface area contributed by atoms with Gasteiger partial charge in [0, 0.05) is 16.1 Å².